The Bertz CT molecular complexity index is 928. The molecule has 1 aliphatic rings. The second kappa shape index (κ2) is 9.05. The zero-order chi connectivity index (χ0) is 19.2. The standard InChI is InChI=1S/C25H28N2O/c1-28-25-14-13-22(23-11-5-6-12-24(23)25)20-27-18-16-26(17-19-27)15-7-10-21-8-3-2-4-9-21/h2-14H,15-20H2,1H3/b10-7+. The number of nitrogens with zero attached hydrogens (tertiary/aromatic N) is 2. The molecule has 0 saturated carbocycles. The Morgan fingerprint density at radius 2 is 1.46 bits per heavy atom. The highest BCUT2D eigenvalue weighted by Crippen LogP contribution is 2.29. The van der Waals surface area contributed by atoms with Crippen LogP contribution in [0, 0.1) is 0 Å². The van der Waals surface area contributed by atoms with Gasteiger partial charge in [0.2, 0.25) is 0 Å². The van der Waals surface area contributed by atoms with Crippen molar-refractivity contribution in [3.8, 4) is 5.75 Å². The molecule has 144 valence electrons. The van der Waals surface area contributed by atoms with Crippen molar-refractivity contribution in [2.24, 2.45) is 0 Å². The predicted molar refractivity (Wildman–Crippen MR) is 118 cm³/mol. The van der Waals surface area contributed by atoms with Crippen molar-refractivity contribution in [2.45, 2.75) is 6.54 Å². The molecule has 1 aliphatic heterocycles. The molecular formula is C25H28N2O. The Kier molecular flexibility index (Phi) is 6.05. The molecule has 3 heteroatoms. The summed E-state index contributed by atoms with van der Waals surface area (Å²) in [4.78, 5) is 5.09. The molecule has 1 heterocycles. The smallest absolute Gasteiger partial charge is 0.126 e. The van der Waals surface area contributed by atoms with Crippen molar-refractivity contribution < 1.29 is 4.74 Å². The van der Waals surface area contributed by atoms with Gasteiger partial charge < -0.3 is 4.74 Å². The number of benzene rings is 3. The Balaban J connectivity index is 1.34. The quantitative estimate of drug-likeness (QED) is 0.625. The minimum atomic E-state index is 0.953. The minimum absolute atomic E-state index is 0.953. The molecule has 1 fully saturated rings. The zero-order valence-corrected chi connectivity index (χ0v) is 16.6. The number of hydrogen-bond donors (Lipinski definition) is 0. The van der Waals surface area contributed by atoms with Crippen molar-refractivity contribution in [3.05, 3.63) is 83.9 Å². The first kappa shape index (κ1) is 18.7. The molecule has 0 amide bonds. The van der Waals surface area contributed by atoms with Gasteiger partial charge in [0.05, 0.1) is 7.11 Å². The van der Waals surface area contributed by atoms with E-state index in [-0.39, 0.29) is 0 Å². The zero-order valence-electron chi connectivity index (χ0n) is 16.6. The fourth-order valence-electron chi connectivity index (χ4n) is 3.92. The molecule has 0 radical (unpaired) electrons. The highest BCUT2D eigenvalue weighted by molar-refractivity contribution is 5.91. The van der Waals surface area contributed by atoms with Crippen LogP contribution in [0.1, 0.15) is 11.1 Å². The van der Waals surface area contributed by atoms with Crippen LogP contribution in [0.4, 0.5) is 0 Å². The van der Waals surface area contributed by atoms with Gasteiger partial charge in [-0.1, -0.05) is 72.8 Å². The van der Waals surface area contributed by atoms with Crippen molar-refractivity contribution in [1.82, 2.24) is 9.80 Å². The SMILES string of the molecule is COc1ccc(CN2CCN(C/C=C/c3ccccc3)CC2)c2ccccc12. The highest BCUT2D eigenvalue weighted by Gasteiger charge is 2.17. The molecule has 0 bridgehead atoms. The Hall–Kier alpha value is -2.62. The summed E-state index contributed by atoms with van der Waals surface area (Å²) < 4.78 is 5.53. The van der Waals surface area contributed by atoms with Gasteiger partial charge in [0.1, 0.15) is 5.75 Å². The van der Waals surface area contributed by atoms with Gasteiger partial charge in [-0.25, -0.2) is 0 Å². The van der Waals surface area contributed by atoms with E-state index in [2.05, 4.69) is 88.7 Å². The highest BCUT2D eigenvalue weighted by atomic mass is 16.5. The largest absolute Gasteiger partial charge is 0.496 e. The summed E-state index contributed by atoms with van der Waals surface area (Å²) in [6, 6.07) is 23.4. The number of ether oxygens (including phenoxy) is 1. The molecule has 1 saturated heterocycles. The summed E-state index contributed by atoms with van der Waals surface area (Å²) in [7, 11) is 1.74. The maximum Gasteiger partial charge on any atom is 0.126 e. The summed E-state index contributed by atoms with van der Waals surface area (Å²) in [5.41, 5.74) is 2.65. The van der Waals surface area contributed by atoms with Crippen LogP contribution in [0.25, 0.3) is 16.8 Å². The van der Waals surface area contributed by atoms with E-state index in [4.69, 9.17) is 4.74 Å². The number of fused-ring (bicyclic) bond motifs is 1. The van der Waals surface area contributed by atoms with E-state index in [0.29, 0.717) is 0 Å². The van der Waals surface area contributed by atoms with E-state index >= 15 is 0 Å². The average molecular weight is 373 g/mol. The van der Waals surface area contributed by atoms with Gasteiger partial charge in [-0.15, -0.1) is 0 Å². The second-order valence-corrected chi connectivity index (χ2v) is 7.36. The molecule has 0 atom stereocenters. The normalized spacial score (nSPS) is 16.0. The van der Waals surface area contributed by atoms with Gasteiger partial charge in [-0.3, -0.25) is 9.80 Å². The third kappa shape index (κ3) is 4.44. The van der Waals surface area contributed by atoms with Crippen LogP contribution >= 0.6 is 0 Å². The maximum atomic E-state index is 5.53. The Labute approximate surface area is 167 Å². The average Bonchev–Trinajstić information content (AvgIpc) is 2.76. The lowest BCUT2D eigenvalue weighted by atomic mass is 10.0. The number of hydrogen-bond acceptors (Lipinski definition) is 3. The van der Waals surface area contributed by atoms with Crippen molar-refractivity contribution in [1.29, 1.82) is 0 Å². The first-order chi connectivity index (χ1) is 13.8. The monoisotopic (exact) mass is 372 g/mol. The lowest BCUT2D eigenvalue weighted by Crippen LogP contribution is -2.45. The molecule has 28 heavy (non-hydrogen) atoms. The summed E-state index contributed by atoms with van der Waals surface area (Å²) in [6.45, 7) is 6.48. The number of methoxy groups -OCH3 is 1. The van der Waals surface area contributed by atoms with Crippen LogP contribution in [0.15, 0.2) is 72.8 Å². The molecule has 4 rings (SSSR count). The van der Waals surface area contributed by atoms with Gasteiger partial charge in [0, 0.05) is 44.7 Å². The first-order valence-electron chi connectivity index (χ1n) is 10.0. The summed E-state index contributed by atoms with van der Waals surface area (Å²) in [6.07, 6.45) is 4.50. The van der Waals surface area contributed by atoms with Crippen LogP contribution in [-0.2, 0) is 6.54 Å². The van der Waals surface area contributed by atoms with Crippen molar-refractivity contribution in [2.75, 3.05) is 39.8 Å². The van der Waals surface area contributed by atoms with Crippen LogP contribution in [-0.4, -0.2) is 49.6 Å². The fourth-order valence-corrected chi connectivity index (χ4v) is 3.92. The maximum absolute atomic E-state index is 5.53. The predicted octanol–water partition coefficient (Wildman–Crippen LogP) is 4.68. The Morgan fingerprint density at radius 3 is 2.21 bits per heavy atom. The lowest BCUT2D eigenvalue weighted by molar-refractivity contribution is 0.137. The van der Waals surface area contributed by atoms with E-state index < -0.39 is 0 Å². The van der Waals surface area contributed by atoms with Crippen LogP contribution < -0.4 is 4.74 Å². The molecule has 0 aliphatic carbocycles. The Morgan fingerprint density at radius 1 is 0.786 bits per heavy atom. The molecule has 3 nitrogen and oxygen atoms in total. The van der Waals surface area contributed by atoms with Crippen molar-refractivity contribution in [3.63, 3.8) is 0 Å². The van der Waals surface area contributed by atoms with E-state index in [1.807, 2.05) is 0 Å². The number of piperazine rings is 1. The first-order valence-corrected chi connectivity index (χ1v) is 10.0. The fraction of sp³-hybridized carbons (Fsp3) is 0.280. The third-order valence-electron chi connectivity index (χ3n) is 5.53. The summed E-state index contributed by atoms with van der Waals surface area (Å²) in [5, 5.41) is 2.50. The topological polar surface area (TPSA) is 15.7 Å². The van der Waals surface area contributed by atoms with Crippen LogP contribution in [0.5, 0.6) is 5.75 Å². The second-order valence-electron chi connectivity index (χ2n) is 7.36. The minimum Gasteiger partial charge on any atom is -0.496 e. The molecular weight excluding hydrogens is 344 g/mol. The molecule has 0 N–H and O–H groups in total. The molecule has 0 unspecified atom stereocenters. The molecule has 0 aromatic heterocycles. The summed E-state index contributed by atoms with van der Waals surface area (Å²) >= 11 is 0. The third-order valence-corrected chi connectivity index (χ3v) is 5.53. The van der Waals surface area contributed by atoms with E-state index in [1.165, 1.54) is 21.9 Å². The van der Waals surface area contributed by atoms with Gasteiger partial charge in [0.15, 0.2) is 0 Å². The van der Waals surface area contributed by atoms with Gasteiger partial charge in [-0.2, -0.15) is 0 Å². The van der Waals surface area contributed by atoms with Gasteiger partial charge in [0.25, 0.3) is 0 Å². The van der Waals surface area contributed by atoms with Gasteiger partial charge >= 0.3 is 0 Å². The molecule has 3 aromatic rings. The van der Waals surface area contributed by atoms with Crippen molar-refractivity contribution >= 4 is 16.8 Å². The summed E-state index contributed by atoms with van der Waals surface area (Å²) in [5.74, 6) is 0.953. The van der Waals surface area contributed by atoms with Crippen LogP contribution in [0.2, 0.25) is 0 Å². The molecule has 3 aromatic carbocycles. The molecule has 0 spiro atoms. The van der Waals surface area contributed by atoms with E-state index in [1.54, 1.807) is 7.11 Å². The van der Waals surface area contributed by atoms with Crippen LogP contribution in [0.3, 0.4) is 0 Å². The van der Waals surface area contributed by atoms with Gasteiger partial charge in [-0.05, 0) is 22.6 Å². The van der Waals surface area contributed by atoms with E-state index in [9.17, 15) is 0 Å². The van der Waals surface area contributed by atoms with E-state index in [0.717, 1.165) is 45.0 Å². The lowest BCUT2D eigenvalue weighted by Gasteiger charge is -2.34. The number of rotatable bonds is 6.